The lowest BCUT2D eigenvalue weighted by atomic mass is 10.00. The summed E-state index contributed by atoms with van der Waals surface area (Å²) in [6, 6.07) is 6.86. The fraction of sp³-hybridized carbons (Fsp3) is 0.303. The van der Waals surface area contributed by atoms with Crippen LogP contribution in [0, 0.1) is 5.92 Å². The zero-order valence-electron chi connectivity index (χ0n) is 26.3. The summed E-state index contributed by atoms with van der Waals surface area (Å²) in [7, 11) is 1.29. The number of alkyl halides is 6. The summed E-state index contributed by atoms with van der Waals surface area (Å²) in [6.07, 6.45) is 8.99. The van der Waals surface area contributed by atoms with Crippen molar-refractivity contribution < 1.29 is 60.0 Å². The van der Waals surface area contributed by atoms with Crippen LogP contribution < -0.4 is 9.47 Å². The van der Waals surface area contributed by atoms with Gasteiger partial charge in [-0.15, -0.1) is 0 Å². The van der Waals surface area contributed by atoms with E-state index in [9.17, 15) is 40.7 Å². The molecule has 0 aliphatic heterocycles. The molecule has 0 atom stereocenters. The third-order valence-corrected chi connectivity index (χ3v) is 7.68. The Kier molecular flexibility index (Phi) is 10.1. The van der Waals surface area contributed by atoms with Gasteiger partial charge in [-0.1, -0.05) is 0 Å². The molecule has 11 nitrogen and oxygen atoms in total. The van der Waals surface area contributed by atoms with E-state index >= 15 is 0 Å². The molecule has 50 heavy (non-hydrogen) atoms. The normalized spacial score (nSPS) is 13.2. The Labute approximate surface area is 279 Å². The lowest BCUT2D eigenvalue weighted by molar-refractivity contribution is -0.173. The summed E-state index contributed by atoms with van der Waals surface area (Å²) in [4.78, 5) is 42.6. The van der Waals surface area contributed by atoms with Gasteiger partial charge in [0.05, 0.1) is 25.6 Å². The number of benzene rings is 1. The number of rotatable bonds is 12. The Balaban J connectivity index is 0.000000240. The number of hydrogen-bond acceptors (Lipinski definition) is 8. The minimum absolute atomic E-state index is 0.00704. The van der Waals surface area contributed by atoms with E-state index in [2.05, 4.69) is 19.4 Å². The van der Waals surface area contributed by atoms with Gasteiger partial charge in [0, 0.05) is 47.9 Å². The van der Waals surface area contributed by atoms with Gasteiger partial charge < -0.3 is 23.7 Å². The monoisotopic (exact) mass is 706 g/mol. The molecule has 0 radical (unpaired) electrons. The van der Waals surface area contributed by atoms with E-state index in [0.29, 0.717) is 11.3 Å². The molecule has 264 valence electrons. The number of aliphatic carboxylic acids is 1. The number of aromatic nitrogens is 4. The molecule has 0 spiro atoms. The van der Waals surface area contributed by atoms with Crippen molar-refractivity contribution in [2.24, 2.45) is 5.92 Å². The van der Waals surface area contributed by atoms with Gasteiger partial charge in [-0.05, 0) is 62.1 Å². The minimum Gasteiger partial charge on any atom is -0.496 e. The second kappa shape index (κ2) is 14.1. The summed E-state index contributed by atoms with van der Waals surface area (Å²) in [5.41, 5.74) is -0.344. The quantitative estimate of drug-likeness (QED) is 0.0849. The predicted octanol–water partition coefficient (Wildman–Crippen LogP) is 6.76. The van der Waals surface area contributed by atoms with Crippen LogP contribution in [0.4, 0.5) is 26.3 Å². The Morgan fingerprint density at radius 1 is 0.940 bits per heavy atom. The minimum atomic E-state index is -4.11. The lowest BCUT2D eigenvalue weighted by Gasteiger charge is -2.16. The summed E-state index contributed by atoms with van der Waals surface area (Å²) >= 11 is 0. The van der Waals surface area contributed by atoms with E-state index in [-0.39, 0.29) is 53.0 Å². The third kappa shape index (κ3) is 7.35. The SMILES string of the molecule is CCOC(=O)C(F)(F)c1ccn2ccnc2c1.COc1cc(-c2cnc3cc(C(F)(F)C(=O)O)ccn23)cc(OC(F)F)c1C(=O)CC1CC1. The van der Waals surface area contributed by atoms with Gasteiger partial charge in [-0.3, -0.25) is 9.20 Å². The smallest absolute Gasteiger partial charge is 0.387 e. The number of pyridine rings is 2. The Morgan fingerprint density at radius 2 is 1.60 bits per heavy atom. The first-order valence-corrected chi connectivity index (χ1v) is 14.9. The van der Waals surface area contributed by atoms with Gasteiger partial charge in [-0.25, -0.2) is 19.6 Å². The van der Waals surface area contributed by atoms with Gasteiger partial charge in [0.25, 0.3) is 0 Å². The highest BCUT2D eigenvalue weighted by molar-refractivity contribution is 6.02. The van der Waals surface area contributed by atoms with Gasteiger partial charge >= 0.3 is 30.4 Å². The fourth-order valence-corrected chi connectivity index (χ4v) is 5.01. The maximum Gasteiger partial charge on any atom is 0.387 e. The average molecular weight is 707 g/mol. The van der Waals surface area contributed by atoms with E-state index in [4.69, 9.17) is 9.84 Å². The Hall–Kier alpha value is -5.61. The summed E-state index contributed by atoms with van der Waals surface area (Å²) in [5.74, 6) is -12.1. The van der Waals surface area contributed by atoms with E-state index in [1.54, 1.807) is 10.6 Å². The molecule has 1 aliphatic rings. The van der Waals surface area contributed by atoms with Crippen molar-refractivity contribution >= 4 is 29.0 Å². The van der Waals surface area contributed by atoms with E-state index < -0.39 is 41.5 Å². The molecule has 0 bridgehead atoms. The molecule has 0 saturated heterocycles. The van der Waals surface area contributed by atoms with Crippen LogP contribution in [0.1, 0.15) is 47.7 Å². The number of carboxylic acid groups (broad SMARTS) is 1. The molecule has 5 aromatic rings. The van der Waals surface area contributed by atoms with Crippen LogP contribution in [0.25, 0.3) is 22.6 Å². The highest BCUT2D eigenvalue weighted by Crippen LogP contribution is 2.41. The van der Waals surface area contributed by atoms with Crippen molar-refractivity contribution in [1.29, 1.82) is 0 Å². The van der Waals surface area contributed by atoms with Gasteiger partial charge in [-0.2, -0.15) is 26.3 Å². The number of imidazole rings is 2. The van der Waals surface area contributed by atoms with Gasteiger partial charge in [0.1, 0.15) is 28.4 Å². The molecule has 1 aromatic carbocycles. The topological polar surface area (TPSA) is 134 Å². The van der Waals surface area contributed by atoms with Crippen LogP contribution in [0.15, 0.2) is 67.4 Å². The van der Waals surface area contributed by atoms with Crippen molar-refractivity contribution in [1.82, 2.24) is 18.8 Å². The molecule has 4 aromatic heterocycles. The molecule has 0 unspecified atom stereocenters. The molecule has 1 N–H and O–H groups in total. The van der Waals surface area contributed by atoms with Crippen molar-refractivity contribution in [3.63, 3.8) is 0 Å². The molecular weight excluding hydrogens is 678 g/mol. The number of carboxylic acids is 1. The number of fused-ring (bicyclic) bond motifs is 2. The standard InChI is InChI=1S/C22H18F4N2O5.C11H10F2N2O2/c1-32-16-7-12(8-17(33-21(23)24)19(16)15(29)6-11-2-3-11)14-10-27-18-9-13(4-5-28(14)18)22(25,26)20(30)31;1-2-17-10(16)11(12,13)8-3-5-15-6-4-14-9(15)7-8/h4-5,7-11,21H,2-3,6H2,1H3,(H,30,31);3-7H,2H2,1H3. The molecule has 17 heteroatoms. The fourth-order valence-electron chi connectivity index (χ4n) is 5.01. The average Bonchev–Trinajstić information content (AvgIpc) is 3.58. The number of esters is 1. The van der Waals surface area contributed by atoms with E-state index in [1.165, 1.54) is 61.4 Å². The second-order valence-electron chi connectivity index (χ2n) is 11.1. The molecule has 1 aliphatic carbocycles. The zero-order valence-corrected chi connectivity index (χ0v) is 26.3. The summed E-state index contributed by atoms with van der Waals surface area (Å²) in [5, 5.41) is 8.75. The van der Waals surface area contributed by atoms with E-state index in [1.807, 2.05) is 0 Å². The van der Waals surface area contributed by atoms with Crippen LogP contribution >= 0.6 is 0 Å². The van der Waals surface area contributed by atoms with Crippen LogP contribution in [-0.2, 0) is 26.2 Å². The summed E-state index contributed by atoms with van der Waals surface area (Å²) < 4.78 is 98.4. The van der Waals surface area contributed by atoms with Crippen LogP contribution in [0.5, 0.6) is 11.5 Å². The maximum atomic E-state index is 13.9. The van der Waals surface area contributed by atoms with Gasteiger partial charge in [0.2, 0.25) is 0 Å². The number of ketones is 1. The molecule has 1 saturated carbocycles. The number of ether oxygens (including phenoxy) is 3. The number of Topliss-reactive ketones (excluding diaryl/α,β-unsaturated/α-hetero) is 1. The van der Waals surface area contributed by atoms with Gasteiger partial charge in [0.15, 0.2) is 5.78 Å². The zero-order chi connectivity index (χ0) is 36.4. The molecule has 4 heterocycles. The van der Waals surface area contributed by atoms with Crippen LogP contribution in [0.2, 0.25) is 0 Å². The van der Waals surface area contributed by atoms with Crippen molar-refractivity contribution in [2.45, 2.75) is 44.6 Å². The first kappa shape index (κ1) is 35.7. The molecule has 0 amide bonds. The number of nitrogens with zero attached hydrogens (tertiary/aromatic N) is 4. The number of carbonyl (C=O) groups is 3. The molecule has 6 rings (SSSR count). The second-order valence-corrected chi connectivity index (χ2v) is 11.1. The molecule has 1 fully saturated rings. The summed E-state index contributed by atoms with van der Waals surface area (Å²) in [6.45, 7) is -1.80. The van der Waals surface area contributed by atoms with E-state index in [0.717, 1.165) is 31.0 Å². The first-order chi connectivity index (χ1) is 23.7. The maximum absolute atomic E-state index is 13.9. The lowest BCUT2D eigenvalue weighted by Crippen LogP contribution is -2.28. The van der Waals surface area contributed by atoms with Crippen LogP contribution in [-0.4, -0.2) is 61.9 Å². The number of methoxy groups -OCH3 is 1. The Morgan fingerprint density at radius 3 is 2.24 bits per heavy atom. The van der Waals surface area contributed by atoms with Crippen molar-refractivity contribution in [3.8, 4) is 22.8 Å². The largest absolute Gasteiger partial charge is 0.496 e. The number of halogens is 6. The predicted molar refractivity (Wildman–Crippen MR) is 163 cm³/mol. The number of hydrogen-bond donors (Lipinski definition) is 1. The number of carbonyl (C=O) groups excluding carboxylic acids is 2. The van der Waals surface area contributed by atoms with Crippen molar-refractivity contribution in [2.75, 3.05) is 13.7 Å². The highest BCUT2D eigenvalue weighted by Gasteiger charge is 2.43. The highest BCUT2D eigenvalue weighted by atomic mass is 19.3. The van der Waals surface area contributed by atoms with Crippen LogP contribution in [0.3, 0.4) is 0 Å². The van der Waals surface area contributed by atoms with Crippen molar-refractivity contribution in [3.05, 3.63) is 84.1 Å². The first-order valence-electron chi connectivity index (χ1n) is 14.9. The third-order valence-electron chi connectivity index (χ3n) is 7.68. The Bertz CT molecular complexity index is 2060. The molecular formula is C33H28F6N4O7.